The van der Waals surface area contributed by atoms with Gasteiger partial charge in [-0.05, 0) is 36.1 Å². The number of nitrogens with zero attached hydrogens (tertiary/aromatic N) is 1. The predicted molar refractivity (Wildman–Crippen MR) is 66.1 cm³/mol. The Morgan fingerprint density at radius 2 is 2.18 bits per heavy atom. The van der Waals surface area contributed by atoms with Crippen LogP contribution in [0.3, 0.4) is 0 Å². The van der Waals surface area contributed by atoms with Crippen molar-refractivity contribution in [2.45, 2.75) is 18.8 Å². The molecule has 1 aromatic heterocycles. The summed E-state index contributed by atoms with van der Waals surface area (Å²) in [5.74, 6) is 1.25. The predicted octanol–water partition coefficient (Wildman–Crippen LogP) is 2.99. The first kappa shape index (κ1) is 10.3. The van der Waals surface area contributed by atoms with Gasteiger partial charge in [0.25, 0.3) is 0 Å². The van der Waals surface area contributed by atoms with Crippen LogP contribution in [-0.2, 0) is 6.42 Å². The molecule has 1 aromatic carbocycles. The molecule has 2 heteroatoms. The molecule has 1 aliphatic rings. The number of aromatic nitrogens is 1. The van der Waals surface area contributed by atoms with E-state index in [9.17, 15) is 0 Å². The number of hydrogen-bond donors (Lipinski definition) is 0. The number of ether oxygens (including phenoxy) is 1. The molecule has 1 atom stereocenters. The van der Waals surface area contributed by atoms with E-state index in [-0.39, 0.29) is 0 Å². The van der Waals surface area contributed by atoms with Crippen molar-refractivity contribution in [2.75, 3.05) is 6.61 Å². The number of pyridine rings is 1. The van der Waals surface area contributed by atoms with Gasteiger partial charge < -0.3 is 4.74 Å². The number of benzene rings is 1. The van der Waals surface area contributed by atoms with E-state index in [1.54, 1.807) is 6.20 Å². The first-order valence-corrected chi connectivity index (χ1v) is 5.97. The summed E-state index contributed by atoms with van der Waals surface area (Å²) in [6.45, 7) is 0.721. The van der Waals surface area contributed by atoms with Gasteiger partial charge in [-0.15, -0.1) is 0 Å². The Balaban J connectivity index is 1.68. The highest BCUT2D eigenvalue weighted by atomic mass is 16.5. The normalized spacial score (nSPS) is 17.8. The first-order valence-electron chi connectivity index (χ1n) is 5.97. The van der Waals surface area contributed by atoms with Crippen molar-refractivity contribution < 1.29 is 4.74 Å². The molecule has 1 heterocycles. The first-order chi connectivity index (χ1) is 8.43. The van der Waals surface area contributed by atoms with Gasteiger partial charge in [-0.1, -0.05) is 24.3 Å². The molecular weight excluding hydrogens is 210 g/mol. The lowest BCUT2D eigenvalue weighted by Gasteiger charge is -2.12. The van der Waals surface area contributed by atoms with Gasteiger partial charge in [-0.3, -0.25) is 4.98 Å². The van der Waals surface area contributed by atoms with Crippen LogP contribution in [0.15, 0.2) is 42.6 Å². The zero-order chi connectivity index (χ0) is 11.5. The second-order valence-corrected chi connectivity index (χ2v) is 4.36. The van der Waals surface area contributed by atoms with Crippen molar-refractivity contribution in [3.05, 3.63) is 59.9 Å². The monoisotopic (exact) mass is 224 g/mol. The van der Waals surface area contributed by atoms with Gasteiger partial charge in [0.1, 0.15) is 11.9 Å². The van der Waals surface area contributed by atoms with E-state index in [2.05, 4.69) is 35.4 Å². The molecular formula is C15H14NO. The lowest BCUT2D eigenvalue weighted by Crippen LogP contribution is -2.07. The average molecular weight is 224 g/mol. The second kappa shape index (κ2) is 4.58. The van der Waals surface area contributed by atoms with Gasteiger partial charge in [0, 0.05) is 12.1 Å². The molecule has 0 fully saturated rings. The summed E-state index contributed by atoms with van der Waals surface area (Å²) in [7, 11) is 0. The van der Waals surface area contributed by atoms with Crippen LogP contribution in [0.25, 0.3) is 0 Å². The SMILES string of the molecule is [c]1ncccc1OCC1CCc2ccccc21. The standard InChI is InChI=1S/C15H14NO/c1-2-6-15-12(4-1)7-8-13(15)11-17-14-5-3-9-16-10-14/h1-6,9,13H,7-8,11H2. The van der Waals surface area contributed by atoms with Gasteiger partial charge in [0.2, 0.25) is 0 Å². The molecule has 2 nitrogen and oxygen atoms in total. The Morgan fingerprint density at radius 3 is 3.06 bits per heavy atom. The smallest absolute Gasteiger partial charge is 0.147 e. The summed E-state index contributed by atoms with van der Waals surface area (Å²) in [6.07, 6.45) is 6.90. The molecule has 0 saturated carbocycles. The van der Waals surface area contributed by atoms with E-state index in [0.29, 0.717) is 5.92 Å². The Morgan fingerprint density at radius 1 is 1.24 bits per heavy atom. The lowest BCUT2D eigenvalue weighted by atomic mass is 10.0. The molecule has 1 radical (unpaired) electrons. The fourth-order valence-electron chi connectivity index (χ4n) is 2.40. The highest BCUT2D eigenvalue weighted by molar-refractivity contribution is 5.35. The van der Waals surface area contributed by atoms with Crippen molar-refractivity contribution in [3.63, 3.8) is 0 Å². The van der Waals surface area contributed by atoms with E-state index in [1.165, 1.54) is 24.0 Å². The maximum Gasteiger partial charge on any atom is 0.147 e. The lowest BCUT2D eigenvalue weighted by molar-refractivity contribution is 0.286. The van der Waals surface area contributed by atoms with Crippen molar-refractivity contribution >= 4 is 0 Å². The molecule has 0 amide bonds. The van der Waals surface area contributed by atoms with Crippen LogP contribution in [-0.4, -0.2) is 11.6 Å². The van der Waals surface area contributed by atoms with Gasteiger partial charge >= 0.3 is 0 Å². The molecule has 1 unspecified atom stereocenters. The third kappa shape index (κ3) is 2.16. The Kier molecular flexibility index (Phi) is 2.78. The molecule has 0 saturated heterocycles. The third-order valence-corrected chi connectivity index (χ3v) is 3.28. The zero-order valence-corrected chi connectivity index (χ0v) is 9.60. The minimum Gasteiger partial charge on any atom is -0.491 e. The van der Waals surface area contributed by atoms with Crippen molar-refractivity contribution in [1.82, 2.24) is 4.98 Å². The second-order valence-electron chi connectivity index (χ2n) is 4.36. The number of rotatable bonds is 3. The van der Waals surface area contributed by atoms with Crippen LogP contribution >= 0.6 is 0 Å². The van der Waals surface area contributed by atoms with Crippen LogP contribution < -0.4 is 4.74 Å². The Hall–Kier alpha value is -1.83. The van der Waals surface area contributed by atoms with E-state index in [0.717, 1.165) is 12.4 Å². The van der Waals surface area contributed by atoms with Crippen LogP contribution in [0.5, 0.6) is 5.75 Å². The van der Waals surface area contributed by atoms with E-state index in [1.807, 2.05) is 12.1 Å². The van der Waals surface area contributed by atoms with Crippen LogP contribution in [0.1, 0.15) is 23.5 Å². The Labute approximate surface area is 101 Å². The highest BCUT2D eigenvalue weighted by Gasteiger charge is 2.22. The van der Waals surface area contributed by atoms with Crippen molar-refractivity contribution in [2.24, 2.45) is 0 Å². The summed E-state index contributed by atoms with van der Waals surface area (Å²) in [4.78, 5) is 3.92. The molecule has 0 spiro atoms. The van der Waals surface area contributed by atoms with Crippen molar-refractivity contribution in [3.8, 4) is 5.75 Å². The van der Waals surface area contributed by atoms with E-state index in [4.69, 9.17) is 4.74 Å². The number of aryl methyl sites for hydroxylation is 1. The molecule has 0 N–H and O–H groups in total. The zero-order valence-electron chi connectivity index (χ0n) is 9.60. The molecule has 85 valence electrons. The van der Waals surface area contributed by atoms with Crippen LogP contribution in [0.4, 0.5) is 0 Å². The minimum absolute atomic E-state index is 0.514. The summed E-state index contributed by atoms with van der Waals surface area (Å²) in [6, 6.07) is 12.4. The van der Waals surface area contributed by atoms with Crippen LogP contribution in [0.2, 0.25) is 0 Å². The van der Waals surface area contributed by atoms with Gasteiger partial charge in [-0.25, -0.2) is 0 Å². The maximum atomic E-state index is 5.73. The summed E-state index contributed by atoms with van der Waals surface area (Å²) in [5, 5.41) is 0. The Bertz CT molecular complexity index is 495. The van der Waals surface area contributed by atoms with Gasteiger partial charge in [-0.2, -0.15) is 0 Å². The molecule has 0 aliphatic heterocycles. The molecule has 2 aromatic rings. The van der Waals surface area contributed by atoms with Crippen molar-refractivity contribution in [1.29, 1.82) is 0 Å². The molecule has 3 rings (SSSR count). The molecule has 17 heavy (non-hydrogen) atoms. The fourth-order valence-corrected chi connectivity index (χ4v) is 2.40. The summed E-state index contributed by atoms with van der Waals surface area (Å²) >= 11 is 0. The summed E-state index contributed by atoms with van der Waals surface area (Å²) < 4.78 is 5.73. The molecule has 0 bridgehead atoms. The van der Waals surface area contributed by atoms with Gasteiger partial charge in [0.05, 0.1) is 6.61 Å². The minimum atomic E-state index is 0.514. The topological polar surface area (TPSA) is 22.1 Å². The number of fused-ring (bicyclic) bond motifs is 1. The third-order valence-electron chi connectivity index (χ3n) is 3.28. The van der Waals surface area contributed by atoms with E-state index >= 15 is 0 Å². The van der Waals surface area contributed by atoms with Gasteiger partial charge in [0.15, 0.2) is 0 Å². The largest absolute Gasteiger partial charge is 0.491 e. The van der Waals surface area contributed by atoms with Crippen LogP contribution in [0, 0.1) is 6.20 Å². The summed E-state index contributed by atoms with van der Waals surface area (Å²) in [5.41, 5.74) is 2.91. The average Bonchev–Trinajstić information content (AvgIpc) is 2.81. The van der Waals surface area contributed by atoms with E-state index < -0.39 is 0 Å². The fraction of sp³-hybridized carbons (Fsp3) is 0.267. The quantitative estimate of drug-likeness (QED) is 0.799. The maximum absolute atomic E-state index is 5.73. The number of hydrogen-bond acceptors (Lipinski definition) is 2. The highest BCUT2D eigenvalue weighted by Crippen LogP contribution is 2.33. The molecule has 1 aliphatic carbocycles.